The molecule has 1 N–H and O–H groups in total. The maximum absolute atomic E-state index is 12.1. The van der Waals surface area contributed by atoms with Gasteiger partial charge < -0.3 is 5.32 Å². The van der Waals surface area contributed by atoms with E-state index in [9.17, 15) is 13.2 Å². The van der Waals surface area contributed by atoms with Gasteiger partial charge in [0.15, 0.2) is 9.84 Å². The first kappa shape index (κ1) is 14.5. The Morgan fingerprint density at radius 2 is 1.90 bits per heavy atom. The largest absolute Gasteiger partial charge is 0.307 e. The summed E-state index contributed by atoms with van der Waals surface area (Å²) in [5, 5.41) is 2.97. The van der Waals surface area contributed by atoms with Gasteiger partial charge in [0.1, 0.15) is 5.82 Å². The van der Waals surface area contributed by atoms with E-state index in [1.54, 1.807) is 18.2 Å². The van der Waals surface area contributed by atoms with Crippen LogP contribution in [0.3, 0.4) is 0 Å². The average molecular weight is 311 g/mol. The van der Waals surface area contributed by atoms with Crippen LogP contribution in [-0.4, -0.2) is 25.6 Å². The summed E-state index contributed by atoms with van der Waals surface area (Å²) in [6, 6.07) is 9.10. The molecule has 0 aliphatic rings. The molecule has 20 heavy (non-hydrogen) atoms. The Morgan fingerprint density at radius 1 is 1.20 bits per heavy atom. The number of rotatable bonds is 3. The summed E-state index contributed by atoms with van der Waals surface area (Å²) >= 11 is 5.70. The van der Waals surface area contributed by atoms with Crippen LogP contribution in [0.2, 0.25) is 5.02 Å². The van der Waals surface area contributed by atoms with E-state index in [-0.39, 0.29) is 10.5 Å². The number of carbonyl (C=O) groups excluding carboxylic acids is 1. The molecule has 1 amide bonds. The molecule has 0 atom stereocenters. The third-order valence-corrected chi connectivity index (χ3v) is 3.88. The van der Waals surface area contributed by atoms with E-state index in [0.29, 0.717) is 10.8 Å². The standard InChI is InChI=1S/C13H11ClN2O3S/c1-20(18,19)11-5-3-2-4-10(11)13(17)16-12-7-6-9(14)8-15-12/h2-8H,1H3,(H,15,16,17). The second-order valence-corrected chi connectivity index (χ2v) is 6.50. The summed E-state index contributed by atoms with van der Waals surface area (Å²) in [6.45, 7) is 0. The number of hydrogen-bond donors (Lipinski definition) is 1. The number of amides is 1. The second kappa shape index (κ2) is 5.60. The van der Waals surface area contributed by atoms with Gasteiger partial charge in [-0.3, -0.25) is 4.79 Å². The number of anilines is 1. The lowest BCUT2D eigenvalue weighted by Crippen LogP contribution is -2.16. The summed E-state index contributed by atoms with van der Waals surface area (Å²) in [7, 11) is -3.48. The molecule has 2 aromatic rings. The highest BCUT2D eigenvalue weighted by molar-refractivity contribution is 7.90. The van der Waals surface area contributed by atoms with Crippen molar-refractivity contribution in [2.75, 3.05) is 11.6 Å². The van der Waals surface area contributed by atoms with Gasteiger partial charge in [-0.15, -0.1) is 0 Å². The molecule has 1 aromatic carbocycles. The molecule has 0 saturated heterocycles. The summed E-state index contributed by atoms with van der Waals surface area (Å²) in [4.78, 5) is 16.0. The predicted octanol–water partition coefficient (Wildman–Crippen LogP) is 2.39. The zero-order chi connectivity index (χ0) is 14.8. The van der Waals surface area contributed by atoms with Crippen LogP contribution in [0.25, 0.3) is 0 Å². The molecule has 0 aliphatic heterocycles. The van der Waals surface area contributed by atoms with Crippen molar-refractivity contribution in [3.8, 4) is 0 Å². The quantitative estimate of drug-likeness (QED) is 0.944. The van der Waals surface area contributed by atoms with Crippen LogP contribution in [0.4, 0.5) is 5.82 Å². The van der Waals surface area contributed by atoms with Crippen molar-refractivity contribution in [1.82, 2.24) is 4.98 Å². The van der Waals surface area contributed by atoms with E-state index in [0.717, 1.165) is 6.26 Å². The van der Waals surface area contributed by atoms with Crippen molar-refractivity contribution in [3.63, 3.8) is 0 Å². The lowest BCUT2D eigenvalue weighted by Gasteiger charge is -2.08. The van der Waals surface area contributed by atoms with E-state index in [1.165, 1.54) is 24.4 Å². The Labute approximate surface area is 121 Å². The first-order valence-corrected chi connectivity index (χ1v) is 7.87. The van der Waals surface area contributed by atoms with E-state index in [1.807, 2.05) is 0 Å². The van der Waals surface area contributed by atoms with Crippen LogP contribution in [0.1, 0.15) is 10.4 Å². The molecule has 5 nitrogen and oxygen atoms in total. The predicted molar refractivity (Wildman–Crippen MR) is 76.8 cm³/mol. The fourth-order valence-electron chi connectivity index (χ4n) is 1.61. The Hall–Kier alpha value is -1.92. The Balaban J connectivity index is 2.33. The number of sulfone groups is 1. The minimum Gasteiger partial charge on any atom is -0.307 e. The normalized spacial score (nSPS) is 11.1. The number of hydrogen-bond acceptors (Lipinski definition) is 4. The van der Waals surface area contributed by atoms with Gasteiger partial charge >= 0.3 is 0 Å². The number of pyridine rings is 1. The monoisotopic (exact) mass is 310 g/mol. The van der Waals surface area contributed by atoms with Gasteiger partial charge in [-0.2, -0.15) is 0 Å². The number of aromatic nitrogens is 1. The van der Waals surface area contributed by atoms with Crippen LogP contribution < -0.4 is 5.32 Å². The van der Waals surface area contributed by atoms with Gasteiger partial charge in [-0.1, -0.05) is 23.7 Å². The summed E-state index contributed by atoms with van der Waals surface area (Å²) in [5.41, 5.74) is 0.0757. The van der Waals surface area contributed by atoms with Crippen molar-refractivity contribution in [3.05, 3.63) is 53.2 Å². The van der Waals surface area contributed by atoms with Crippen molar-refractivity contribution in [1.29, 1.82) is 0 Å². The summed E-state index contributed by atoms with van der Waals surface area (Å²) in [5.74, 6) is -0.247. The molecule has 0 unspecified atom stereocenters. The van der Waals surface area contributed by atoms with Crippen molar-refractivity contribution < 1.29 is 13.2 Å². The molecule has 0 saturated carbocycles. The Bertz CT molecular complexity index is 742. The highest BCUT2D eigenvalue weighted by Crippen LogP contribution is 2.17. The molecule has 1 heterocycles. The molecule has 2 rings (SSSR count). The van der Waals surface area contributed by atoms with E-state index < -0.39 is 15.7 Å². The maximum atomic E-state index is 12.1. The number of nitrogens with one attached hydrogen (secondary N) is 1. The number of benzene rings is 1. The third kappa shape index (κ3) is 3.34. The summed E-state index contributed by atoms with van der Waals surface area (Å²) in [6.07, 6.45) is 2.44. The molecule has 104 valence electrons. The van der Waals surface area contributed by atoms with Gasteiger partial charge in [0.2, 0.25) is 0 Å². The van der Waals surface area contributed by atoms with Crippen molar-refractivity contribution in [2.45, 2.75) is 4.90 Å². The lowest BCUT2D eigenvalue weighted by atomic mass is 10.2. The van der Waals surface area contributed by atoms with Gasteiger partial charge in [0, 0.05) is 12.5 Å². The van der Waals surface area contributed by atoms with Crippen LogP contribution in [0, 0.1) is 0 Å². The first-order valence-electron chi connectivity index (χ1n) is 5.60. The topological polar surface area (TPSA) is 76.1 Å². The Kier molecular flexibility index (Phi) is 4.06. The second-order valence-electron chi connectivity index (χ2n) is 4.08. The molecule has 0 radical (unpaired) electrons. The van der Waals surface area contributed by atoms with Gasteiger partial charge in [0.05, 0.1) is 15.5 Å². The average Bonchev–Trinajstić information content (AvgIpc) is 2.40. The molecule has 1 aromatic heterocycles. The minimum atomic E-state index is -3.48. The SMILES string of the molecule is CS(=O)(=O)c1ccccc1C(=O)Nc1ccc(Cl)cn1. The molecule has 0 spiro atoms. The van der Waals surface area contributed by atoms with Crippen molar-refractivity contribution >= 4 is 33.2 Å². The highest BCUT2D eigenvalue weighted by Gasteiger charge is 2.18. The van der Waals surface area contributed by atoms with Crippen LogP contribution in [0.5, 0.6) is 0 Å². The molecule has 0 aliphatic carbocycles. The van der Waals surface area contributed by atoms with Crippen molar-refractivity contribution in [2.24, 2.45) is 0 Å². The van der Waals surface area contributed by atoms with Crippen LogP contribution in [0.15, 0.2) is 47.5 Å². The molecular formula is C13H11ClN2O3S. The fraction of sp³-hybridized carbons (Fsp3) is 0.0769. The fourth-order valence-corrected chi connectivity index (χ4v) is 2.61. The van der Waals surface area contributed by atoms with E-state index >= 15 is 0 Å². The highest BCUT2D eigenvalue weighted by atomic mass is 35.5. The van der Waals surface area contributed by atoms with Crippen LogP contribution in [-0.2, 0) is 9.84 Å². The number of halogens is 1. The maximum Gasteiger partial charge on any atom is 0.258 e. The summed E-state index contributed by atoms with van der Waals surface area (Å²) < 4.78 is 23.3. The van der Waals surface area contributed by atoms with Gasteiger partial charge in [-0.25, -0.2) is 13.4 Å². The number of nitrogens with zero attached hydrogens (tertiary/aromatic N) is 1. The smallest absolute Gasteiger partial charge is 0.258 e. The van der Waals surface area contributed by atoms with Gasteiger partial charge in [-0.05, 0) is 24.3 Å². The Morgan fingerprint density at radius 3 is 2.50 bits per heavy atom. The van der Waals surface area contributed by atoms with Crippen LogP contribution >= 0.6 is 11.6 Å². The lowest BCUT2D eigenvalue weighted by molar-refractivity contribution is 0.102. The van der Waals surface area contributed by atoms with Gasteiger partial charge in [0.25, 0.3) is 5.91 Å². The zero-order valence-corrected chi connectivity index (χ0v) is 12.1. The molecule has 0 bridgehead atoms. The minimum absolute atomic E-state index is 0.0218. The van der Waals surface area contributed by atoms with E-state index in [4.69, 9.17) is 11.6 Å². The zero-order valence-electron chi connectivity index (χ0n) is 10.5. The third-order valence-electron chi connectivity index (χ3n) is 2.50. The molecule has 7 heteroatoms. The first-order chi connectivity index (χ1) is 9.38. The molecular weight excluding hydrogens is 300 g/mol. The van der Waals surface area contributed by atoms with E-state index in [2.05, 4.69) is 10.3 Å². The molecule has 0 fully saturated rings. The number of carbonyl (C=O) groups is 1.